The number of fused-ring (bicyclic) bond motifs is 1. The van der Waals surface area contributed by atoms with Crippen molar-refractivity contribution in [2.24, 2.45) is 0 Å². The number of hydrogen-bond acceptors (Lipinski definition) is 2. The molecule has 0 unspecified atom stereocenters. The van der Waals surface area contributed by atoms with Gasteiger partial charge in [0.2, 0.25) is 0 Å². The fourth-order valence-electron chi connectivity index (χ4n) is 4.06. The number of nitrogens with one attached hydrogen (secondary N) is 2. The van der Waals surface area contributed by atoms with Crippen LogP contribution >= 0.6 is 15.9 Å². The zero-order valence-electron chi connectivity index (χ0n) is 14.4. The summed E-state index contributed by atoms with van der Waals surface area (Å²) in [5.74, 6) is 0.559. The average Bonchev–Trinajstić information content (AvgIpc) is 3.22. The molecular formula is C19H23BrN4O. The second-order valence-corrected chi connectivity index (χ2v) is 8.08. The molecular weight excluding hydrogens is 380 g/mol. The fraction of sp³-hybridized carbons (Fsp3) is 0.474. The van der Waals surface area contributed by atoms with Crippen molar-refractivity contribution in [1.29, 1.82) is 0 Å². The number of rotatable bonds is 2. The van der Waals surface area contributed by atoms with Crippen molar-refractivity contribution in [1.82, 2.24) is 15.1 Å². The van der Waals surface area contributed by atoms with Gasteiger partial charge in [-0.3, -0.25) is 5.10 Å². The first-order valence-electron chi connectivity index (χ1n) is 9.01. The first kappa shape index (κ1) is 16.6. The van der Waals surface area contributed by atoms with Crippen LogP contribution in [0.4, 0.5) is 10.5 Å². The number of aromatic amines is 1. The number of halogens is 1. The maximum absolute atomic E-state index is 12.8. The van der Waals surface area contributed by atoms with Crippen LogP contribution in [0.1, 0.15) is 55.5 Å². The van der Waals surface area contributed by atoms with E-state index in [4.69, 9.17) is 0 Å². The Balaban J connectivity index is 1.53. The molecule has 1 aliphatic heterocycles. The van der Waals surface area contributed by atoms with Gasteiger partial charge in [-0.05, 0) is 38.0 Å². The van der Waals surface area contributed by atoms with E-state index in [1.54, 1.807) is 0 Å². The van der Waals surface area contributed by atoms with E-state index in [9.17, 15) is 4.79 Å². The van der Waals surface area contributed by atoms with Crippen LogP contribution < -0.4 is 5.32 Å². The summed E-state index contributed by atoms with van der Waals surface area (Å²) < 4.78 is 0.956. The summed E-state index contributed by atoms with van der Waals surface area (Å²) in [5.41, 5.74) is 4.45. The molecule has 2 aromatic rings. The highest BCUT2D eigenvalue weighted by Crippen LogP contribution is 2.37. The highest BCUT2D eigenvalue weighted by Gasteiger charge is 2.33. The minimum Gasteiger partial charge on any atom is -0.317 e. The average molecular weight is 403 g/mol. The van der Waals surface area contributed by atoms with Gasteiger partial charge in [0, 0.05) is 39.8 Å². The molecule has 2 amide bonds. The molecule has 0 saturated heterocycles. The van der Waals surface area contributed by atoms with E-state index in [2.05, 4.69) is 38.4 Å². The predicted octanol–water partition coefficient (Wildman–Crippen LogP) is 4.81. The quantitative estimate of drug-likeness (QED) is 0.756. The Kier molecular flexibility index (Phi) is 4.54. The number of carbonyl (C=O) groups excluding carboxylic acids is 1. The molecule has 4 rings (SSSR count). The van der Waals surface area contributed by atoms with E-state index in [1.165, 1.54) is 42.6 Å². The van der Waals surface area contributed by atoms with Crippen molar-refractivity contribution in [2.45, 2.75) is 57.5 Å². The topological polar surface area (TPSA) is 61.0 Å². The minimum absolute atomic E-state index is 0.0465. The number of anilines is 1. The van der Waals surface area contributed by atoms with Gasteiger partial charge in [-0.2, -0.15) is 5.10 Å². The Hall–Kier alpha value is -1.82. The van der Waals surface area contributed by atoms with E-state index in [0.29, 0.717) is 12.5 Å². The Morgan fingerprint density at radius 1 is 1.36 bits per heavy atom. The van der Waals surface area contributed by atoms with Gasteiger partial charge in [-0.15, -0.1) is 0 Å². The Morgan fingerprint density at radius 3 is 2.92 bits per heavy atom. The molecule has 6 heteroatoms. The van der Waals surface area contributed by atoms with E-state index in [-0.39, 0.29) is 12.1 Å². The van der Waals surface area contributed by atoms with Gasteiger partial charge >= 0.3 is 6.03 Å². The Labute approximate surface area is 156 Å². The van der Waals surface area contributed by atoms with Crippen LogP contribution in [0.5, 0.6) is 0 Å². The molecule has 2 N–H and O–H groups in total. The van der Waals surface area contributed by atoms with Gasteiger partial charge in [0.15, 0.2) is 0 Å². The molecule has 25 heavy (non-hydrogen) atoms. The smallest absolute Gasteiger partial charge is 0.317 e. The van der Waals surface area contributed by atoms with E-state index >= 15 is 0 Å². The molecule has 1 fully saturated rings. The zero-order valence-corrected chi connectivity index (χ0v) is 16.0. The van der Waals surface area contributed by atoms with Crippen molar-refractivity contribution in [2.75, 3.05) is 5.32 Å². The van der Waals surface area contributed by atoms with Crippen LogP contribution in [-0.2, 0) is 13.0 Å². The summed E-state index contributed by atoms with van der Waals surface area (Å²) >= 11 is 3.45. The Morgan fingerprint density at radius 2 is 2.16 bits per heavy atom. The van der Waals surface area contributed by atoms with E-state index < -0.39 is 0 Å². The molecule has 1 saturated carbocycles. The van der Waals surface area contributed by atoms with Gasteiger partial charge in [0.25, 0.3) is 0 Å². The molecule has 5 nitrogen and oxygen atoms in total. The van der Waals surface area contributed by atoms with E-state index in [1.807, 2.05) is 29.2 Å². The van der Waals surface area contributed by atoms with Crippen molar-refractivity contribution in [3.8, 4) is 0 Å². The summed E-state index contributed by atoms with van der Waals surface area (Å²) in [6, 6.07) is 7.80. The predicted molar refractivity (Wildman–Crippen MR) is 102 cm³/mol. The van der Waals surface area contributed by atoms with E-state index in [0.717, 1.165) is 16.6 Å². The number of benzene rings is 1. The normalized spacial score (nSPS) is 20.6. The molecule has 2 heterocycles. The van der Waals surface area contributed by atoms with Gasteiger partial charge in [-0.25, -0.2) is 4.79 Å². The van der Waals surface area contributed by atoms with Crippen molar-refractivity contribution in [3.05, 3.63) is 45.7 Å². The number of hydrogen-bond donors (Lipinski definition) is 2. The highest BCUT2D eigenvalue weighted by molar-refractivity contribution is 9.10. The summed E-state index contributed by atoms with van der Waals surface area (Å²) in [4.78, 5) is 14.8. The van der Waals surface area contributed by atoms with Crippen LogP contribution in [0.25, 0.3) is 0 Å². The lowest BCUT2D eigenvalue weighted by Gasteiger charge is -2.33. The molecule has 0 spiro atoms. The third kappa shape index (κ3) is 3.32. The van der Waals surface area contributed by atoms with Crippen LogP contribution in [0, 0.1) is 0 Å². The van der Waals surface area contributed by atoms with Crippen molar-refractivity contribution >= 4 is 27.6 Å². The standard InChI is InChI=1S/C19H23BrN4O/c1-12-9-17-16(18(23-22-17)13-5-2-3-6-13)11-24(12)19(25)21-15-8-4-7-14(20)10-15/h4,7-8,10,12-13H,2-3,5-6,9,11H2,1H3,(H,21,25)(H,22,23)/t12-/m0/s1. The number of H-pyrrole nitrogens is 1. The summed E-state index contributed by atoms with van der Waals surface area (Å²) in [6.45, 7) is 2.73. The van der Waals surface area contributed by atoms with Gasteiger partial charge in [0.05, 0.1) is 12.2 Å². The van der Waals surface area contributed by atoms with Crippen LogP contribution in [0.15, 0.2) is 28.7 Å². The molecule has 1 aromatic carbocycles. The first-order valence-corrected chi connectivity index (χ1v) is 9.80. The lowest BCUT2D eigenvalue weighted by atomic mass is 9.94. The van der Waals surface area contributed by atoms with Crippen LogP contribution in [-0.4, -0.2) is 27.2 Å². The highest BCUT2D eigenvalue weighted by atomic mass is 79.9. The molecule has 2 aliphatic rings. The van der Waals surface area contributed by atoms with Crippen molar-refractivity contribution in [3.63, 3.8) is 0 Å². The number of carbonyl (C=O) groups is 1. The van der Waals surface area contributed by atoms with Crippen molar-refractivity contribution < 1.29 is 4.79 Å². The van der Waals surface area contributed by atoms with Crippen LogP contribution in [0.3, 0.4) is 0 Å². The van der Waals surface area contributed by atoms with Gasteiger partial charge in [0.1, 0.15) is 0 Å². The molecule has 1 aliphatic carbocycles. The summed E-state index contributed by atoms with van der Waals surface area (Å²) in [7, 11) is 0. The lowest BCUT2D eigenvalue weighted by Crippen LogP contribution is -2.44. The largest absolute Gasteiger partial charge is 0.322 e. The summed E-state index contributed by atoms with van der Waals surface area (Å²) in [5, 5.41) is 10.9. The molecule has 1 atom stereocenters. The fourth-order valence-corrected chi connectivity index (χ4v) is 4.46. The molecule has 1 aromatic heterocycles. The zero-order chi connectivity index (χ0) is 17.4. The third-order valence-corrected chi connectivity index (χ3v) is 5.92. The molecule has 0 bridgehead atoms. The Bertz CT molecular complexity index is 781. The number of aromatic nitrogens is 2. The van der Waals surface area contributed by atoms with Gasteiger partial charge < -0.3 is 10.2 Å². The van der Waals surface area contributed by atoms with Gasteiger partial charge in [-0.1, -0.05) is 34.8 Å². The maximum Gasteiger partial charge on any atom is 0.322 e. The maximum atomic E-state index is 12.8. The second-order valence-electron chi connectivity index (χ2n) is 7.17. The third-order valence-electron chi connectivity index (χ3n) is 5.42. The minimum atomic E-state index is -0.0465. The monoisotopic (exact) mass is 402 g/mol. The lowest BCUT2D eigenvalue weighted by molar-refractivity contribution is 0.181. The second kappa shape index (κ2) is 6.83. The van der Waals surface area contributed by atoms with Crippen LogP contribution in [0.2, 0.25) is 0 Å². The first-order chi connectivity index (χ1) is 12.1. The number of amides is 2. The molecule has 0 radical (unpaired) electrons. The SMILES string of the molecule is C[C@H]1Cc2[nH]nc(C3CCCC3)c2CN1C(=O)Nc1cccc(Br)c1. The summed E-state index contributed by atoms with van der Waals surface area (Å²) in [6.07, 6.45) is 5.85. The number of nitrogens with zero attached hydrogens (tertiary/aromatic N) is 2. The molecule has 132 valence electrons. The number of urea groups is 1.